The number of hydrogen-bond acceptors (Lipinski definition) is 4. The fraction of sp³-hybridized carbons (Fsp3) is 0.286. The summed E-state index contributed by atoms with van der Waals surface area (Å²) < 4.78 is 0. The first-order valence-electron chi connectivity index (χ1n) is 3.49. The third kappa shape index (κ3) is 1.34. The van der Waals surface area contributed by atoms with Crippen LogP contribution in [0.2, 0.25) is 0 Å². The van der Waals surface area contributed by atoms with Gasteiger partial charge in [-0.05, 0) is 6.42 Å². The predicted octanol–water partition coefficient (Wildman–Crippen LogP) is 0.319. The number of aryl methyl sites for hydroxylation is 1. The van der Waals surface area contributed by atoms with E-state index in [0.717, 1.165) is 0 Å². The number of anilines is 1. The van der Waals surface area contributed by atoms with Gasteiger partial charge in [0.05, 0.1) is 5.69 Å². The second-order valence-electron chi connectivity index (χ2n) is 2.24. The molecule has 5 heteroatoms. The maximum atomic E-state index is 10.6. The maximum Gasteiger partial charge on any atom is 0.341 e. The summed E-state index contributed by atoms with van der Waals surface area (Å²) in [4.78, 5) is 18.0. The number of aromatic carboxylic acids is 1. The Hall–Kier alpha value is -1.65. The van der Waals surface area contributed by atoms with Gasteiger partial charge in [-0.2, -0.15) is 0 Å². The molecule has 0 fully saturated rings. The summed E-state index contributed by atoms with van der Waals surface area (Å²) in [5.41, 5.74) is 5.85. The summed E-state index contributed by atoms with van der Waals surface area (Å²) in [7, 11) is 0. The van der Waals surface area contributed by atoms with Crippen molar-refractivity contribution in [1.82, 2.24) is 9.97 Å². The standard InChI is InChI=1S/C7H9N3O2/c1-2-4-5(7(11)12)6(8)10-3-9-4/h3H,2H2,1H3,(H,11,12)(H2,8,9,10). The minimum absolute atomic E-state index is 0.0139. The lowest BCUT2D eigenvalue weighted by Gasteiger charge is -2.02. The molecule has 1 aromatic rings. The molecule has 5 nitrogen and oxygen atoms in total. The molecule has 3 N–H and O–H groups in total. The zero-order valence-corrected chi connectivity index (χ0v) is 6.61. The van der Waals surface area contributed by atoms with Crippen LogP contribution >= 0.6 is 0 Å². The van der Waals surface area contributed by atoms with Gasteiger partial charge in [-0.25, -0.2) is 14.8 Å². The van der Waals surface area contributed by atoms with Crippen molar-refractivity contribution in [2.45, 2.75) is 13.3 Å². The molecule has 0 aliphatic heterocycles. The van der Waals surface area contributed by atoms with Gasteiger partial charge in [0.15, 0.2) is 0 Å². The van der Waals surface area contributed by atoms with Gasteiger partial charge in [0.1, 0.15) is 17.7 Å². The first-order valence-corrected chi connectivity index (χ1v) is 3.49. The number of carbonyl (C=O) groups is 1. The number of rotatable bonds is 2. The van der Waals surface area contributed by atoms with Crippen LogP contribution in [0.15, 0.2) is 6.33 Å². The molecule has 0 aromatic carbocycles. The number of hydrogen-bond donors (Lipinski definition) is 2. The largest absolute Gasteiger partial charge is 0.477 e. The Bertz CT molecular complexity index is 312. The van der Waals surface area contributed by atoms with Crippen molar-refractivity contribution in [1.29, 1.82) is 0 Å². The van der Waals surface area contributed by atoms with Crippen LogP contribution in [0.25, 0.3) is 0 Å². The van der Waals surface area contributed by atoms with Crippen molar-refractivity contribution in [2.24, 2.45) is 0 Å². The van der Waals surface area contributed by atoms with E-state index in [0.29, 0.717) is 12.1 Å². The van der Waals surface area contributed by atoms with Gasteiger partial charge >= 0.3 is 5.97 Å². The monoisotopic (exact) mass is 167 g/mol. The highest BCUT2D eigenvalue weighted by atomic mass is 16.4. The minimum Gasteiger partial charge on any atom is -0.477 e. The van der Waals surface area contributed by atoms with Crippen LogP contribution in [-0.2, 0) is 6.42 Å². The zero-order chi connectivity index (χ0) is 9.14. The summed E-state index contributed by atoms with van der Waals surface area (Å²) in [6.07, 6.45) is 1.80. The number of nitrogen functional groups attached to an aromatic ring is 1. The number of carboxylic acids is 1. The van der Waals surface area contributed by atoms with E-state index in [1.54, 1.807) is 0 Å². The third-order valence-electron chi connectivity index (χ3n) is 1.50. The summed E-state index contributed by atoms with van der Waals surface area (Å²) >= 11 is 0. The van der Waals surface area contributed by atoms with Gasteiger partial charge in [-0.1, -0.05) is 6.92 Å². The molecule has 1 rings (SSSR count). The van der Waals surface area contributed by atoms with Crippen molar-refractivity contribution >= 4 is 11.8 Å². The third-order valence-corrected chi connectivity index (χ3v) is 1.50. The summed E-state index contributed by atoms with van der Waals surface area (Å²) in [5.74, 6) is -1.06. The molecule has 0 aliphatic carbocycles. The van der Waals surface area contributed by atoms with Crippen molar-refractivity contribution in [3.8, 4) is 0 Å². The van der Waals surface area contributed by atoms with E-state index in [1.807, 2.05) is 6.92 Å². The number of carboxylic acid groups (broad SMARTS) is 1. The maximum absolute atomic E-state index is 10.6. The highest BCUT2D eigenvalue weighted by Crippen LogP contribution is 2.11. The van der Waals surface area contributed by atoms with Crippen LogP contribution in [0.1, 0.15) is 23.0 Å². The number of nitrogens with zero attached hydrogens (tertiary/aromatic N) is 2. The smallest absolute Gasteiger partial charge is 0.341 e. The lowest BCUT2D eigenvalue weighted by atomic mass is 10.2. The van der Waals surface area contributed by atoms with Crippen LogP contribution in [0.5, 0.6) is 0 Å². The first kappa shape index (κ1) is 8.45. The minimum atomic E-state index is -1.08. The Morgan fingerprint density at radius 1 is 1.67 bits per heavy atom. The van der Waals surface area contributed by atoms with Gasteiger partial charge in [-0.3, -0.25) is 0 Å². The van der Waals surface area contributed by atoms with Crippen LogP contribution in [0.4, 0.5) is 5.82 Å². The Morgan fingerprint density at radius 2 is 2.33 bits per heavy atom. The average molecular weight is 167 g/mol. The van der Waals surface area contributed by atoms with Crippen LogP contribution < -0.4 is 5.73 Å². The SMILES string of the molecule is CCc1ncnc(N)c1C(=O)O. The van der Waals surface area contributed by atoms with E-state index >= 15 is 0 Å². The quantitative estimate of drug-likeness (QED) is 0.662. The van der Waals surface area contributed by atoms with Gasteiger partial charge in [0, 0.05) is 0 Å². The number of nitrogens with two attached hydrogens (primary N) is 1. The second kappa shape index (κ2) is 3.17. The molecule has 0 aliphatic rings. The molecule has 0 radical (unpaired) electrons. The Labute approximate surface area is 69.3 Å². The molecule has 1 heterocycles. The fourth-order valence-corrected chi connectivity index (χ4v) is 0.939. The van der Waals surface area contributed by atoms with E-state index in [1.165, 1.54) is 6.33 Å². The molecule has 0 atom stereocenters. The second-order valence-corrected chi connectivity index (χ2v) is 2.24. The van der Waals surface area contributed by atoms with E-state index in [2.05, 4.69) is 9.97 Å². The average Bonchev–Trinajstić information content (AvgIpc) is 2.03. The molecule has 0 bridgehead atoms. The molecule has 64 valence electrons. The molecule has 0 saturated carbocycles. The van der Waals surface area contributed by atoms with Crippen LogP contribution in [0, 0.1) is 0 Å². The van der Waals surface area contributed by atoms with Gasteiger partial charge < -0.3 is 10.8 Å². The Balaban J connectivity index is 3.29. The van der Waals surface area contributed by atoms with Crippen molar-refractivity contribution in [3.63, 3.8) is 0 Å². The van der Waals surface area contributed by atoms with Gasteiger partial charge in [-0.15, -0.1) is 0 Å². The normalized spacial score (nSPS) is 9.75. The van der Waals surface area contributed by atoms with Crippen molar-refractivity contribution in [3.05, 3.63) is 17.6 Å². The van der Waals surface area contributed by atoms with E-state index in [4.69, 9.17) is 10.8 Å². The van der Waals surface area contributed by atoms with E-state index in [9.17, 15) is 4.79 Å². The first-order chi connectivity index (χ1) is 5.66. The Morgan fingerprint density at radius 3 is 2.75 bits per heavy atom. The van der Waals surface area contributed by atoms with E-state index < -0.39 is 5.97 Å². The van der Waals surface area contributed by atoms with Crippen LogP contribution in [0.3, 0.4) is 0 Å². The molecule has 0 unspecified atom stereocenters. The molecule has 0 amide bonds. The van der Waals surface area contributed by atoms with Crippen LogP contribution in [-0.4, -0.2) is 21.0 Å². The molecule has 0 saturated heterocycles. The molecular formula is C7H9N3O2. The number of aromatic nitrogens is 2. The van der Waals surface area contributed by atoms with Gasteiger partial charge in [0.2, 0.25) is 0 Å². The molecule has 0 spiro atoms. The summed E-state index contributed by atoms with van der Waals surface area (Å²) in [6, 6.07) is 0. The lowest BCUT2D eigenvalue weighted by Crippen LogP contribution is -2.09. The highest BCUT2D eigenvalue weighted by Gasteiger charge is 2.14. The fourth-order valence-electron chi connectivity index (χ4n) is 0.939. The zero-order valence-electron chi connectivity index (χ0n) is 6.61. The highest BCUT2D eigenvalue weighted by molar-refractivity contribution is 5.93. The van der Waals surface area contributed by atoms with E-state index in [-0.39, 0.29) is 11.4 Å². The van der Waals surface area contributed by atoms with Gasteiger partial charge in [0.25, 0.3) is 0 Å². The topological polar surface area (TPSA) is 89.1 Å². The predicted molar refractivity (Wildman–Crippen MR) is 42.8 cm³/mol. The summed E-state index contributed by atoms with van der Waals surface area (Å²) in [6.45, 7) is 1.81. The lowest BCUT2D eigenvalue weighted by molar-refractivity contribution is 0.0696. The Kier molecular flexibility index (Phi) is 2.23. The molecule has 12 heavy (non-hydrogen) atoms. The van der Waals surface area contributed by atoms with Crippen molar-refractivity contribution < 1.29 is 9.90 Å². The summed E-state index contributed by atoms with van der Waals surface area (Å²) in [5, 5.41) is 8.72. The molecular weight excluding hydrogens is 158 g/mol. The van der Waals surface area contributed by atoms with Crippen molar-refractivity contribution in [2.75, 3.05) is 5.73 Å². The molecule has 1 aromatic heterocycles.